The fourth-order valence-electron chi connectivity index (χ4n) is 3.52. The minimum absolute atomic E-state index is 0.122. The van der Waals surface area contributed by atoms with Crippen molar-refractivity contribution in [2.24, 2.45) is 0 Å². The van der Waals surface area contributed by atoms with Crippen molar-refractivity contribution in [3.8, 4) is 11.5 Å². The van der Waals surface area contributed by atoms with Crippen LogP contribution < -0.4 is 14.8 Å². The normalized spacial score (nSPS) is 14.0. The Morgan fingerprint density at radius 3 is 2.55 bits per heavy atom. The van der Waals surface area contributed by atoms with Crippen molar-refractivity contribution in [1.82, 2.24) is 0 Å². The van der Waals surface area contributed by atoms with Crippen molar-refractivity contribution >= 4 is 11.6 Å². The van der Waals surface area contributed by atoms with Crippen LogP contribution >= 0.6 is 0 Å². The number of hydrogen-bond donors (Lipinski definition) is 1. The summed E-state index contributed by atoms with van der Waals surface area (Å²) in [5.41, 5.74) is 4.44. The topological polar surface area (TPSA) is 47.6 Å². The molecule has 1 heterocycles. The number of amides is 1. The van der Waals surface area contributed by atoms with E-state index in [1.807, 2.05) is 67.6 Å². The van der Waals surface area contributed by atoms with Crippen LogP contribution in [-0.4, -0.2) is 11.5 Å². The summed E-state index contributed by atoms with van der Waals surface area (Å²) in [7, 11) is 0. The third kappa shape index (κ3) is 4.27. The maximum Gasteiger partial charge on any atom is 0.255 e. The summed E-state index contributed by atoms with van der Waals surface area (Å²) in [4.78, 5) is 12.5. The molecule has 0 aromatic heterocycles. The van der Waals surface area contributed by atoms with Crippen LogP contribution in [0.25, 0.3) is 0 Å². The molecule has 1 N–H and O–H groups in total. The number of nitrogens with one attached hydrogen (secondary N) is 1. The number of ether oxygens (including phenoxy) is 2. The van der Waals surface area contributed by atoms with Crippen LogP contribution in [0.4, 0.5) is 5.69 Å². The summed E-state index contributed by atoms with van der Waals surface area (Å²) in [5.74, 6) is 1.48. The lowest BCUT2D eigenvalue weighted by Gasteiger charge is -2.18. The molecular formula is C25H25NO3. The smallest absolute Gasteiger partial charge is 0.255 e. The van der Waals surface area contributed by atoms with Gasteiger partial charge in [-0.2, -0.15) is 0 Å². The number of hydrogen-bond acceptors (Lipinski definition) is 3. The lowest BCUT2D eigenvalue weighted by atomic mass is 10.0. The van der Waals surface area contributed by atoms with Gasteiger partial charge in [-0.1, -0.05) is 42.5 Å². The molecule has 0 unspecified atom stereocenters. The number of carbonyl (C=O) groups is 1. The molecule has 4 nitrogen and oxygen atoms in total. The molecule has 1 amide bonds. The molecular weight excluding hydrogens is 362 g/mol. The molecule has 0 aliphatic carbocycles. The van der Waals surface area contributed by atoms with Crippen LogP contribution in [0.5, 0.6) is 11.5 Å². The van der Waals surface area contributed by atoms with Crippen LogP contribution in [-0.2, 0) is 13.0 Å². The average molecular weight is 387 g/mol. The first-order valence-electron chi connectivity index (χ1n) is 9.81. The zero-order chi connectivity index (χ0) is 20.4. The van der Waals surface area contributed by atoms with E-state index in [1.165, 1.54) is 5.56 Å². The molecule has 3 aromatic carbocycles. The van der Waals surface area contributed by atoms with Crippen LogP contribution in [0.3, 0.4) is 0 Å². The highest BCUT2D eigenvalue weighted by Crippen LogP contribution is 2.41. The van der Waals surface area contributed by atoms with Gasteiger partial charge in [0.25, 0.3) is 5.91 Å². The first-order chi connectivity index (χ1) is 13.9. The Morgan fingerprint density at radius 1 is 1.03 bits per heavy atom. The van der Waals surface area contributed by atoms with E-state index >= 15 is 0 Å². The van der Waals surface area contributed by atoms with Crippen molar-refractivity contribution in [1.29, 1.82) is 0 Å². The standard InChI is InChI=1S/C25H25NO3/c1-17-7-4-5-9-21(17)26-24(27)19-13-11-18(12-14-19)16-28-22-10-6-8-20-15-25(2,3)29-23(20)22/h4-14H,15-16H2,1-3H3,(H,26,27). The highest BCUT2D eigenvalue weighted by atomic mass is 16.5. The number of aryl methyl sites for hydroxylation is 1. The van der Waals surface area contributed by atoms with Gasteiger partial charge in [0.1, 0.15) is 12.2 Å². The number of anilines is 1. The number of para-hydroxylation sites is 2. The second kappa shape index (κ2) is 7.63. The van der Waals surface area contributed by atoms with Crippen LogP contribution in [0.2, 0.25) is 0 Å². The summed E-state index contributed by atoms with van der Waals surface area (Å²) in [6, 6.07) is 21.2. The molecule has 4 heteroatoms. The molecule has 0 atom stereocenters. The Morgan fingerprint density at radius 2 is 1.79 bits per heavy atom. The molecule has 1 aliphatic heterocycles. The highest BCUT2D eigenvalue weighted by Gasteiger charge is 2.32. The minimum atomic E-state index is -0.200. The Labute approximate surface area is 171 Å². The van der Waals surface area contributed by atoms with Crippen molar-refractivity contribution in [2.75, 3.05) is 5.32 Å². The summed E-state index contributed by atoms with van der Waals surface area (Å²) < 4.78 is 12.1. The molecule has 0 bridgehead atoms. The lowest BCUT2D eigenvalue weighted by molar-refractivity contribution is 0.102. The van der Waals surface area contributed by atoms with E-state index in [0.717, 1.165) is 34.7 Å². The van der Waals surface area contributed by atoms with Gasteiger partial charge in [0.15, 0.2) is 11.5 Å². The number of benzene rings is 3. The molecule has 0 saturated heterocycles. The van der Waals surface area contributed by atoms with E-state index in [1.54, 1.807) is 0 Å². The zero-order valence-electron chi connectivity index (χ0n) is 17.0. The van der Waals surface area contributed by atoms with Crippen LogP contribution in [0.15, 0.2) is 66.7 Å². The Kier molecular flexibility index (Phi) is 5.01. The van der Waals surface area contributed by atoms with Gasteiger partial charge in [-0.3, -0.25) is 4.79 Å². The molecule has 148 valence electrons. The summed E-state index contributed by atoms with van der Waals surface area (Å²) in [5, 5.41) is 2.95. The monoisotopic (exact) mass is 387 g/mol. The molecule has 4 rings (SSSR count). The third-order valence-electron chi connectivity index (χ3n) is 5.06. The second-order valence-corrected chi connectivity index (χ2v) is 8.04. The fourth-order valence-corrected chi connectivity index (χ4v) is 3.52. The van der Waals surface area contributed by atoms with E-state index in [2.05, 4.69) is 25.2 Å². The second-order valence-electron chi connectivity index (χ2n) is 8.04. The molecule has 29 heavy (non-hydrogen) atoms. The largest absolute Gasteiger partial charge is 0.485 e. The first kappa shape index (κ1) is 19.1. The first-order valence-corrected chi connectivity index (χ1v) is 9.81. The van der Waals surface area contributed by atoms with E-state index < -0.39 is 0 Å². The molecule has 0 radical (unpaired) electrons. The van der Waals surface area contributed by atoms with Crippen LogP contribution in [0, 0.1) is 6.92 Å². The maximum atomic E-state index is 12.5. The predicted octanol–water partition coefficient (Wildman–Crippen LogP) is 5.54. The molecule has 0 fully saturated rings. The average Bonchev–Trinajstić information content (AvgIpc) is 3.03. The highest BCUT2D eigenvalue weighted by molar-refractivity contribution is 6.04. The molecule has 1 aliphatic rings. The summed E-state index contributed by atoms with van der Waals surface area (Å²) in [6.45, 7) is 6.55. The van der Waals surface area contributed by atoms with E-state index in [-0.39, 0.29) is 11.5 Å². The SMILES string of the molecule is Cc1ccccc1NC(=O)c1ccc(COc2cccc3c2OC(C)(C)C3)cc1. The predicted molar refractivity (Wildman–Crippen MR) is 115 cm³/mol. The van der Waals surface area contributed by atoms with Gasteiger partial charge >= 0.3 is 0 Å². The number of rotatable bonds is 5. The molecule has 3 aromatic rings. The van der Waals surface area contributed by atoms with Gasteiger partial charge < -0.3 is 14.8 Å². The van der Waals surface area contributed by atoms with Crippen molar-refractivity contribution in [3.05, 3.63) is 89.0 Å². The Balaban J connectivity index is 1.40. The molecule has 0 saturated carbocycles. The van der Waals surface area contributed by atoms with Gasteiger partial charge in [-0.15, -0.1) is 0 Å². The quantitative estimate of drug-likeness (QED) is 0.625. The number of carbonyl (C=O) groups excluding carboxylic acids is 1. The van der Waals surface area contributed by atoms with Gasteiger partial charge in [0.2, 0.25) is 0 Å². The Bertz CT molecular complexity index is 1040. The van der Waals surface area contributed by atoms with Gasteiger partial charge in [-0.05, 0) is 56.2 Å². The van der Waals surface area contributed by atoms with E-state index in [9.17, 15) is 4.79 Å². The lowest BCUT2D eigenvalue weighted by Crippen LogP contribution is -2.24. The van der Waals surface area contributed by atoms with Gasteiger partial charge in [-0.25, -0.2) is 0 Å². The Hall–Kier alpha value is -3.27. The van der Waals surface area contributed by atoms with E-state index in [4.69, 9.17) is 9.47 Å². The van der Waals surface area contributed by atoms with Gasteiger partial charge in [0.05, 0.1) is 0 Å². The maximum absolute atomic E-state index is 12.5. The van der Waals surface area contributed by atoms with E-state index in [0.29, 0.717) is 12.2 Å². The third-order valence-corrected chi connectivity index (χ3v) is 5.06. The summed E-state index contributed by atoms with van der Waals surface area (Å²) >= 11 is 0. The van der Waals surface area contributed by atoms with Crippen molar-refractivity contribution in [3.63, 3.8) is 0 Å². The van der Waals surface area contributed by atoms with Crippen LogP contribution in [0.1, 0.15) is 40.9 Å². The van der Waals surface area contributed by atoms with Gasteiger partial charge in [0, 0.05) is 23.2 Å². The summed E-state index contributed by atoms with van der Waals surface area (Å²) in [6.07, 6.45) is 0.879. The fraction of sp³-hybridized carbons (Fsp3) is 0.240. The van der Waals surface area contributed by atoms with Crippen molar-refractivity contribution < 1.29 is 14.3 Å². The minimum Gasteiger partial charge on any atom is -0.485 e. The number of fused-ring (bicyclic) bond motifs is 1. The molecule has 0 spiro atoms. The zero-order valence-corrected chi connectivity index (χ0v) is 17.0. The van der Waals surface area contributed by atoms with Crippen molar-refractivity contribution in [2.45, 2.75) is 39.4 Å².